The molecule has 1 rings (SSSR count). The lowest BCUT2D eigenvalue weighted by Crippen LogP contribution is -2.36. The van der Waals surface area contributed by atoms with Gasteiger partial charge in [0.25, 0.3) is 0 Å². The third-order valence-corrected chi connectivity index (χ3v) is 3.47. The number of nitrogens with zero attached hydrogens (tertiary/aromatic N) is 1. The van der Waals surface area contributed by atoms with E-state index in [1.165, 1.54) is 4.90 Å². The van der Waals surface area contributed by atoms with Gasteiger partial charge < -0.3 is 11.1 Å². The van der Waals surface area contributed by atoms with E-state index in [0.717, 1.165) is 12.8 Å². The number of carbonyl (C=O) groups excluding carboxylic acids is 1. The number of carbonyl (C=O) groups is 1. The number of nitrogens with one attached hydrogen (secondary N) is 1. The molecule has 1 aliphatic rings. The van der Waals surface area contributed by atoms with Gasteiger partial charge in [-0.3, -0.25) is 9.69 Å². The highest BCUT2D eigenvalue weighted by Crippen LogP contribution is 2.22. The molecular formula is C13H24F3N3O. The van der Waals surface area contributed by atoms with Crippen LogP contribution in [-0.4, -0.2) is 49.2 Å². The van der Waals surface area contributed by atoms with E-state index in [-0.39, 0.29) is 24.3 Å². The molecule has 1 saturated heterocycles. The molecule has 1 fully saturated rings. The van der Waals surface area contributed by atoms with E-state index in [2.05, 4.69) is 5.32 Å². The molecule has 0 bridgehead atoms. The number of hydrogen-bond acceptors (Lipinski definition) is 3. The lowest BCUT2D eigenvalue weighted by Gasteiger charge is -2.18. The maximum Gasteiger partial charge on any atom is 0.401 e. The Kier molecular flexibility index (Phi) is 6.75. The van der Waals surface area contributed by atoms with Gasteiger partial charge in [0.05, 0.1) is 6.54 Å². The number of halogens is 3. The third kappa shape index (κ3) is 7.09. The SMILES string of the molecule is CCCC(N)CC(=O)NCC1CCN(CC(F)(F)F)C1. The summed E-state index contributed by atoms with van der Waals surface area (Å²) in [6, 6.07) is -0.134. The van der Waals surface area contributed by atoms with E-state index in [1.807, 2.05) is 6.92 Å². The highest BCUT2D eigenvalue weighted by Gasteiger charge is 2.34. The molecule has 0 aromatic heterocycles. The molecule has 7 heteroatoms. The van der Waals surface area contributed by atoms with Crippen molar-refractivity contribution < 1.29 is 18.0 Å². The van der Waals surface area contributed by atoms with Crippen molar-refractivity contribution in [1.82, 2.24) is 10.2 Å². The van der Waals surface area contributed by atoms with Gasteiger partial charge in [0.2, 0.25) is 5.91 Å². The molecule has 0 aliphatic carbocycles. The number of nitrogens with two attached hydrogens (primary N) is 1. The summed E-state index contributed by atoms with van der Waals surface area (Å²) in [5, 5.41) is 2.77. The first-order valence-corrected chi connectivity index (χ1v) is 7.11. The van der Waals surface area contributed by atoms with Crippen LogP contribution in [0.5, 0.6) is 0 Å². The van der Waals surface area contributed by atoms with Gasteiger partial charge in [-0.1, -0.05) is 13.3 Å². The van der Waals surface area contributed by atoms with Crippen LogP contribution < -0.4 is 11.1 Å². The summed E-state index contributed by atoms with van der Waals surface area (Å²) in [5.74, 6) is -0.0103. The molecule has 2 unspecified atom stereocenters. The molecule has 0 aromatic rings. The lowest BCUT2D eigenvalue weighted by molar-refractivity contribution is -0.143. The summed E-state index contributed by atoms with van der Waals surface area (Å²) in [4.78, 5) is 13.0. The number of rotatable bonds is 7. The molecule has 118 valence electrons. The van der Waals surface area contributed by atoms with Crippen LogP contribution in [0.15, 0.2) is 0 Å². The van der Waals surface area contributed by atoms with Crippen molar-refractivity contribution in [2.24, 2.45) is 11.7 Å². The van der Waals surface area contributed by atoms with E-state index in [1.54, 1.807) is 0 Å². The minimum absolute atomic E-state index is 0.101. The van der Waals surface area contributed by atoms with E-state index in [9.17, 15) is 18.0 Å². The van der Waals surface area contributed by atoms with Gasteiger partial charge in [0.15, 0.2) is 0 Å². The van der Waals surface area contributed by atoms with Crippen molar-refractivity contribution in [3.05, 3.63) is 0 Å². The summed E-state index contributed by atoms with van der Waals surface area (Å²) in [7, 11) is 0. The standard InChI is InChI=1S/C13H24F3N3O/c1-2-3-11(17)6-12(20)18-7-10-4-5-19(8-10)9-13(14,15)16/h10-11H,2-9,17H2,1H3,(H,18,20). The van der Waals surface area contributed by atoms with Crippen LogP contribution in [0.3, 0.4) is 0 Å². The minimum Gasteiger partial charge on any atom is -0.356 e. The maximum atomic E-state index is 12.2. The molecule has 0 spiro atoms. The molecule has 2 atom stereocenters. The predicted molar refractivity (Wildman–Crippen MR) is 71.1 cm³/mol. The monoisotopic (exact) mass is 295 g/mol. The van der Waals surface area contributed by atoms with Crippen LogP contribution in [0, 0.1) is 5.92 Å². The number of amides is 1. The molecule has 0 saturated carbocycles. The highest BCUT2D eigenvalue weighted by molar-refractivity contribution is 5.76. The second-order valence-corrected chi connectivity index (χ2v) is 5.56. The summed E-state index contributed by atoms with van der Waals surface area (Å²) >= 11 is 0. The van der Waals surface area contributed by atoms with Crippen molar-refractivity contribution in [2.45, 2.75) is 44.8 Å². The Morgan fingerprint density at radius 3 is 2.80 bits per heavy atom. The van der Waals surface area contributed by atoms with Crippen molar-refractivity contribution in [3.63, 3.8) is 0 Å². The minimum atomic E-state index is -4.15. The summed E-state index contributed by atoms with van der Waals surface area (Å²) < 4.78 is 36.7. The molecule has 3 N–H and O–H groups in total. The van der Waals surface area contributed by atoms with Crippen LogP contribution >= 0.6 is 0 Å². The largest absolute Gasteiger partial charge is 0.401 e. The summed E-state index contributed by atoms with van der Waals surface area (Å²) in [6.07, 6.45) is -1.44. The fourth-order valence-corrected chi connectivity index (χ4v) is 2.52. The van der Waals surface area contributed by atoms with Gasteiger partial charge in [-0.15, -0.1) is 0 Å². The van der Waals surface area contributed by atoms with E-state index in [4.69, 9.17) is 5.73 Å². The van der Waals surface area contributed by atoms with Crippen molar-refractivity contribution in [1.29, 1.82) is 0 Å². The Bertz CT molecular complexity index is 310. The first-order chi connectivity index (χ1) is 9.30. The molecule has 0 aromatic carbocycles. The fourth-order valence-electron chi connectivity index (χ4n) is 2.52. The predicted octanol–water partition coefficient (Wildman–Crippen LogP) is 1.50. The smallest absolute Gasteiger partial charge is 0.356 e. The van der Waals surface area contributed by atoms with Crippen molar-refractivity contribution in [2.75, 3.05) is 26.2 Å². The van der Waals surface area contributed by atoms with Gasteiger partial charge in [-0.25, -0.2) is 0 Å². The Morgan fingerprint density at radius 1 is 1.50 bits per heavy atom. The highest BCUT2D eigenvalue weighted by atomic mass is 19.4. The average Bonchev–Trinajstić information content (AvgIpc) is 2.72. The van der Waals surface area contributed by atoms with E-state index in [0.29, 0.717) is 26.1 Å². The normalized spacial score (nSPS) is 21.9. The third-order valence-electron chi connectivity index (χ3n) is 3.47. The zero-order valence-corrected chi connectivity index (χ0v) is 11.9. The van der Waals surface area contributed by atoms with Crippen molar-refractivity contribution in [3.8, 4) is 0 Å². The van der Waals surface area contributed by atoms with Gasteiger partial charge >= 0.3 is 6.18 Å². The van der Waals surface area contributed by atoms with Crippen LogP contribution in [0.1, 0.15) is 32.6 Å². The van der Waals surface area contributed by atoms with E-state index >= 15 is 0 Å². The topological polar surface area (TPSA) is 58.4 Å². The average molecular weight is 295 g/mol. The summed E-state index contributed by atoms with van der Waals surface area (Å²) in [6.45, 7) is 2.41. The van der Waals surface area contributed by atoms with Crippen LogP contribution in [0.4, 0.5) is 13.2 Å². The maximum absolute atomic E-state index is 12.2. The van der Waals surface area contributed by atoms with Crippen LogP contribution in [0.2, 0.25) is 0 Å². The summed E-state index contributed by atoms with van der Waals surface area (Å²) in [5.41, 5.74) is 5.77. The molecular weight excluding hydrogens is 271 g/mol. The molecule has 1 aliphatic heterocycles. The molecule has 20 heavy (non-hydrogen) atoms. The lowest BCUT2D eigenvalue weighted by atomic mass is 10.1. The first-order valence-electron chi connectivity index (χ1n) is 7.11. The number of alkyl halides is 3. The fraction of sp³-hybridized carbons (Fsp3) is 0.923. The second kappa shape index (κ2) is 7.83. The molecule has 4 nitrogen and oxygen atoms in total. The Morgan fingerprint density at radius 2 is 2.20 bits per heavy atom. The van der Waals surface area contributed by atoms with Gasteiger partial charge in [-0.05, 0) is 25.3 Å². The Balaban J connectivity index is 2.19. The quantitative estimate of drug-likeness (QED) is 0.748. The van der Waals surface area contributed by atoms with Crippen LogP contribution in [-0.2, 0) is 4.79 Å². The molecule has 0 radical (unpaired) electrons. The van der Waals surface area contributed by atoms with E-state index < -0.39 is 12.7 Å². The van der Waals surface area contributed by atoms with Crippen molar-refractivity contribution >= 4 is 5.91 Å². The van der Waals surface area contributed by atoms with Gasteiger partial charge in [-0.2, -0.15) is 13.2 Å². The second-order valence-electron chi connectivity index (χ2n) is 5.56. The Labute approximate surface area is 117 Å². The molecule has 1 amide bonds. The van der Waals surface area contributed by atoms with Gasteiger partial charge in [0.1, 0.15) is 0 Å². The van der Waals surface area contributed by atoms with Gasteiger partial charge in [0, 0.05) is 25.6 Å². The Hall–Kier alpha value is -0.820. The number of hydrogen-bond donors (Lipinski definition) is 2. The first kappa shape index (κ1) is 17.2. The molecule has 1 heterocycles. The van der Waals surface area contributed by atoms with Crippen LogP contribution in [0.25, 0.3) is 0 Å². The zero-order chi connectivity index (χ0) is 15.2. The zero-order valence-electron chi connectivity index (χ0n) is 11.9. The number of likely N-dealkylation sites (tertiary alicyclic amines) is 1.